The summed E-state index contributed by atoms with van der Waals surface area (Å²) in [7, 11) is 0. The highest BCUT2D eigenvalue weighted by Crippen LogP contribution is 2.75. The number of carboxylic acids is 1. The largest absolute Gasteiger partial charge is 0.481 e. The summed E-state index contributed by atoms with van der Waals surface area (Å²) >= 11 is 0. The number of allylic oxidation sites excluding steroid dienone is 1. The number of carbonyl (C=O) groups is 2. The molecule has 0 aliphatic heterocycles. The molecule has 6 heteroatoms. The van der Waals surface area contributed by atoms with Crippen LogP contribution >= 0.6 is 0 Å². The zero-order valence-electron chi connectivity index (χ0n) is 22.9. The standard InChI is InChI=1S/C30H46O6/c1-25(2)11-13-30(24(35)36)14-12-28(5)17(21(30)23(25)34)7-8-20-26(3)15-18(32)22(33)27(4,16-31)19(26)9-10-29(20,28)6/h7,18-21,23,31-32,34H,8-16H2,1-6H3,(H,35,36). The molecule has 5 rings (SSSR count). The fourth-order valence-electron chi connectivity index (χ4n) is 10.6. The quantitative estimate of drug-likeness (QED) is 0.417. The van der Waals surface area contributed by atoms with E-state index in [4.69, 9.17) is 0 Å². The maximum Gasteiger partial charge on any atom is 0.310 e. The number of aliphatic hydroxyl groups is 3. The van der Waals surface area contributed by atoms with Crippen molar-refractivity contribution in [3.63, 3.8) is 0 Å². The minimum atomic E-state index is -1.07. The number of aliphatic carboxylic acids is 1. The lowest BCUT2D eigenvalue weighted by molar-refractivity contribution is -0.212. The van der Waals surface area contributed by atoms with Crippen molar-refractivity contribution in [1.29, 1.82) is 0 Å². The molecule has 0 aromatic heterocycles. The molecule has 36 heavy (non-hydrogen) atoms. The molecule has 5 aliphatic carbocycles. The molecule has 4 fully saturated rings. The van der Waals surface area contributed by atoms with Gasteiger partial charge in [-0.1, -0.05) is 53.2 Å². The number of rotatable bonds is 2. The zero-order chi connectivity index (χ0) is 26.7. The van der Waals surface area contributed by atoms with Crippen molar-refractivity contribution in [3.05, 3.63) is 11.6 Å². The molecule has 0 saturated heterocycles. The van der Waals surface area contributed by atoms with Gasteiger partial charge in [0.25, 0.3) is 0 Å². The van der Waals surface area contributed by atoms with Crippen LogP contribution in [-0.4, -0.2) is 51.0 Å². The zero-order valence-corrected chi connectivity index (χ0v) is 22.9. The van der Waals surface area contributed by atoms with Crippen LogP contribution in [0.5, 0.6) is 0 Å². The van der Waals surface area contributed by atoms with Gasteiger partial charge < -0.3 is 20.4 Å². The average molecular weight is 503 g/mol. The van der Waals surface area contributed by atoms with Crippen molar-refractivity contribution < 1.29 is 30.0 Å². The summed E-state index contributed by atoms with van der Waals surface area (Å²) in [5.41, 5.74) is -1.85. The number of hydrogen-bond acceptors (Lipinski definition) is 5. The Hall–Kier alpha value is -1.24. The maximum atomic E-state index is 13.1. The summed E-state index contributed by atoms with van der Waals surface area (Å²) in [4.78, 5) is 25.9. The smallest absolute Gasteiger partial charge is 0.310 e. The van der Waals surface area contributed by atoms with Gasteiger partial charge >= 0.3 is 5.97 Å². The molecular formula is C30H46O6. The summed E-state index contributed by atoms with van der Waals surface area (Å²) in [6, 6.07) is 0. The predicted molar refractivity (Wildman–Crippen MR) is 136 cm³/mol. The lowest BCUT2D eigenvalue weighted by Crippen LogP contribution is -2.68. The van der Waals surface area contributed by atoms with Crippen molar-refractivity contribution in [2.75, 3.05) is 6.61 Å². The summed E-state index contributed by atoms with van der Waals surface area (Å²) in [5.74, 6) is -1.23. The van der Waals surface area contributed by atoms with Crippen LogP contribution < -0.4 is 0 Å². The number of Topliss-reactive ketones (excluding diaryl/α,β-unsaturated/α-hetero) is 1. The lowest BCUT2D eigenvalue weighted by Gasteiger charge is -2.71. The first-order valence-electron chi connectivity index (χ1n) is 14.0. The van der Waals surface area contributed by atoms with Crippen molar-refractivity contribution in [1.82, 2.24) is 0 Å². The van der Waals surface area contributed by atoms with E-state index in [9.17, 15) is 30.0 Å². The van der Waals surface area contributed by atoms with Gasteiger partial charge in [-0.05, 0) is 84.9 Å². The second-order valence-electron chi connectivity index (χ2n) is 14.8. The third kappa shape index (κ3) is 2.90. The Morgan fingerprint density at radius 1 is 0.972 bits per heavy atom. The number of hydrogen-bond donors (Lipinski definition) is 4. The van der Waals surface area contributed by atoms with Crippen LogP contribution in [0.15, 0.2) is 11.6 Å². The monoisotopic (exact) mass is 502 g/mol. The second-order valence-corrected chi connectivity index (χ2v) is 14.8. The van der Waals surface area contributed by atoms with Gasteiger partial charge in [-0.2, -0.15) is 0 Å². The first-order chi connectivity index (χ1) is 16.5. The topological polar surface area (TPSA) is 115 Å². The molecule has 4 N–H and O–H groups in total. The molecule has 10 atom stereocenters. The third-order valence-corrected chi connectivity index (χ3v) is 13.1. The Morgan fingerprint density at radius 2 is 1.61 bits per heavy atom. The second kappa shape index (κ2) is 7.66. The van der Waals surface area contributed by atoms with E-state index in [1.807, 2.05) is 6.92 Å². The van der Waals surface area contributed by atoms with Crippen LogP contribution in [0, 0.1) is 50.2 Å². The van der Waals surface area contributed by atoms with Gasteiger partial charge in [0.05, 0.1) is 23.5 Å². The number of ketones is 1. The predicted octanol–water partition coefficient (Wildman–Crippen LogP) is 4.36. The minimum Gasteiger partial charge on any atom is -0.481 e. The molecule has 0 heterocycles. The first kappa shape index (κ1) is 26.4. The average Bonchev–Trinajstić information content (AvgIpc) is 2.80. The van der Waals surface area contributed by atoms with E-state index in [0.29, 0.717) is 25.7 Å². The highest BCUT2D eigenvalue weighted by molar-refractivity contribution is 5.90. The van der Waals surface area contributed by atoms with Crippen LogP contribution in [0.2, 0.25) is 0 Å². The summed E-state index contributed by atoms with van der Waals surface area (Å²) < 4.78 is 0. The summed E-state index contributed by atoms with van der Waals surface area (Å²) in [5, 5.41) is 43.4. The number of carboxylic acid groups (broad SMARTS) is 1. The van der Waals surface area contributed by atoms with Gasteiger partial charge in [-0.15, -0.1) is 0 Å². The van der Waals surface area contributed by atoms with Gasteiger partial charge in [-0.25, -0.2) is 0 Å². The van der Waals surface area contributed by atoms with Gasteiger partial charge in [0, 0.05) is 5.92 Å². The highest BCUT2D eigenvalue weighted by Gasteiger charge is 2.71. The van der Waals surface area contributed by atoms with Crippen molar-refractivity contribution in [3.8, 4) is 0 Å². The van der Waals surface area contributed by atoms with Crippen molar-refractivity contribution in [2.24, 2.45) is 50.2 Å². The van der Waals surface area contributed by atoms with Crippen LogP contribution in [0.3, 0.4) is 0 Å². The maximum absolute atomic E-state index is 13.1. The van der Waals surface area contributed by atoms with Gasteiger partial charge in [-0.3, -0.25) is 9.59 Å². The number of aliphatic hydroxyl groups excluding tert-OH is 3. The molecule has 4 saturated carbocycles. The van der Waals surface area contributed by atoms with Crippen molar-refractivity contribution in [2.45, 2.75) is 105 Å². The Balaban J connectivity index is 1.64. The molecule has 6 nitrogen and oxygen atoms in total. The van der Waals surface area contributed by atoms with E-state index in [1.54, 1.807) is 0 Å². The Bertz CT molecular complexity index is 1020. The molecule has 0 spiro atoms. The molecule has 10 unspecified atom stereocenters. The van der Waals surface area contributed by atoms with Gasteiger partial charge in [0.2, 0.25) is 0 Å². The third-order valence-electron chi connectivity index (χ3n) is 13.1. The molecule has 0 aromatic carbocycles. The van der Waals surface area contributed by atoms with Gasteiger partial charge in [0.1, 0.15) is 6.10 Å². The van der Waals surface area contributed by atoms with Crippen LogP contribution in [-0.2, 0) is 9.59 Å². The van der Waals surface area contributed by atoms with E-state index in [0.717, 1.165) is 31.3 Å². The van der Waals surface area contributed by atoms with Crippen molar-refractivity contribution >= 4 is 11.8 Å². The van der Waals surface area contributed by atoms with E-state index in [1.165, 1.54) is 0 Å². The SMILES string of the molecule is CC1(C)CCC2(C(=O)O)CCC3(C)C(=CCC4C5(C)CC(O)C(=O)C(C)(CO)C5CCC43C)C2C1O. The molecule has 5 aliphatic rings. The van der Waals surface area contributed by atoms with E-state index in [-0.39, 0.29) is 45.9 Å². The highest BCUT2D eigenvalue weighted by atomic mass is 16.4. The Morgan fingerprint density at radius 3 is 2.22 bits per heavy atom. The van der Waals surface area contributed by atoms with E-state index in [2.05, 4.69) is 40.7 Å². The van der Waals surface area contributed by atoms with Gasteiger partial charge in [0.15, 0.2) is 5.78 Å². The molecule has 202 valence electrons. The molecule has 0 bridgehead atoms. The Kier molecular flexibility index (Phi) is 5.61. The Labute approximate surface area is 215 Å². The van der Waals surface area contributed by atoms with Crippen LogP contribution in [0.25, 0.3) is 0 Å². The molecule has 0 amide bonds. The van der Waals surface area contributed by atoms with Crippen LogP contribution in [0.1, 0.15) is 92.9 Å². The van der Waals surface area contributed by atoms with Crippen LogP contribution in [0.4, 0.5) is 0 Å². The number of carbonyl (C=O) groups excluding carboxylic acids is 1. The molecule has 0 aromatic rings. The molecular weight excluding hydrogens is 456 g/mol. The summed E-state index contributed by atoms with van der Waals surface area (Å²) in [6.07, 6.45) is 5.92. The lowest BCUT2D eigenvalue weighted by atomic mass is 9.33. The molecule has 0 radical (unpaired) electrons. The number of fused-ring (bicyclic) bond motifs is 7. The van der Waals surface area contributed by atoms with E-state index >= 15 is 0 Å². The first-order valence-corrected chi connectivity index (χ1v) is 14.0. The fourth-order valence-corrected chi connectivity index (χ4v) is 10.6. The van der Waals surface area contributed by atoms with E-state index < -0.39 is 34.9 Å². The normalized spacial score (nSPS) is 53.9. The minimum absolute atomic E-state index is 0.0107. The fraction of sp³-hybridized carbons (Fsp3) is 0.867. The summed E-state index contributed by atoms with van der Waals surface area (Å²) in [6.45, 7) is 12.6.